The molecule has 1 unspecified atom stereocenters. The lowest BCUT2D eigenvalue weighted by molar-refractivity contribution is -0.134. The fourth-order valence-corrected chi connectivity index (χ4v) is 5.16. The minimum Gasteiger partial charge on any atom is -0.484 e. The van der Waals surface area contributed by atoms with Crippen LogP contribution in [-0.2, 0) is 14.8 Å². The fraction of sp³-hybridized carbons (Fsp3) is 0.421. The molecular formula is C19H24N2O4S2. The Labute approximate surface area is 164 Å². The highest BCUT2D eigenvalue weighted by Gasteiger charge is 2.32. The molecule has 27 heavy (non-hydrogen) atoms. The number of anilines is 1. The van der Waals surface area contributed by atoms with E-state index in [1.807, 2.05) is 7.05 Å². The highest BCUT2D eigenvalue weighted by Crippen LogP contribution is 2.34. The molecule has 1 amide bonds. The van der Waals surface area contributed by atoms with Crippen molar-refractivity contribution in [1.82, 2.24) is 4.90 Å². The van der Waals surface area contributed by atoms with E-state index in [1.165, 1.54) is 35.5 Å². The van der Waals surface area contributed by atoms with Crippen LogP contribution in [0.15, 0.2) is 46.0 Å². The Bertz CT molecular complexity index is 875. The van der Waals surface area contributed by atoms with Gasteiger partial charge < -0.3 is 9.64 Å². The van der Waals surface area contributed by atoms with Crippen LogP contribution >= 0.6 is 11.3 Å². The number of thiophene rings is 1. The SMILES string of the molecule is CC(C1CC1)N(C)C(=O)COc1ccc(N(C)S(=O)(=O)c2cccs2)cc1. The molecule has 1 aromatic carbocycles. The Kier molecular flexibility index (Phi) is 5.76. The summed E-state index contributed by atoms with van der Waals surface area (Å²) in [6.45, 7) is 2.03. The number of carbonyl (C=O) groups is 1. The van der Waals surface area contributed by atoms with E-state index in [0.717, 1.165) is 0 Å². The van der Waals surface area contributed by atoms with E-state index in [-0.39, 0.29) is 18.6 Å². The predicted molar refractivity (Wildman–Crippen MR) is 107 cm³/mol. The lowest BCUT2D eigenvalue weighted by atomic mass is 10.2. The number of nitrogens with zero attached hydrogens (tertiary/aromatic N) is 2. The highest BCUT2D eigenvalue weighted by molar-refractivity contribution is 7.94. The molecule has 1 fully saturated rings. The van der Waals surface area contributed by atoms with Crippen LogP contribution in [0.25, 0.3) is 0 Å². The van der Waals surface area contributed by atoms with Gasteiger partial charge in [-0.05, 0) is 61.4 Å². The Balaban J connectivity index is 1.59. The largest absolute Gasteiger partial charge is 0.484 e. The van der Waals surface area contributed by atoms with Crippen molar-refractivity contribution in [2.45, 2.75) is 30.0 Å². The normalized spacial score (nSPS) is 15.2. The minimum atomic E-state index is -3.56. The summed E-state index contributed by atoms with van der Waals surface area (Å²) in [4.78, 5) is 14.0. The van der Waals surface area contributed by atoms with Crippen LogP contribution < -0.4 is 9.04 Å². The molecule has 146 valence electrons. The van der Waals surface area contributed by atoms with Gasteiger partial charge in [-0.1, -0.05) is 6.07 Å². The smallest absolute Gasteiger partial charge is 0.273 e. The maximum Gasteiger partial charge on any atom is 0.273 e. The van der Waals surface area contributed by atoms with Crippen LogP contribution in [0.4, 0.5) is 5.69 Å². The van der Waals surface area contributed by atoms with Crippen molar-refractivity contribution in [2.24, 2.45) is 5.92 Å². The third-order valence-electron chi connectivity index (χ3n) is 4.98. The summed E-state index contributed by atoms with van der Waals surface area (Å²) in [5.74, 6) is 1.08. The van der Waals surface area contributed by atoms with E-state index in [1.54, 1.807) is 46.7 Å². The molecule has 1 aliphatic carbocycles. The van der Waals surface area contributed by atoms with Crippen LogP contribution in [0, 0.1) is 5.92 Å². The molecule has 0 spiro atoms. The molecule has 6 nitrogen and oxygen atoms in total. The maximum atomic E-state index is 12.5. The van der Waals surface area contributed by atoms with Gasteiger partial charge in [0.2, 0.25) is 0 Å². The third-order valence-corrected chi connectivity index (χ3v) is 8.14. The van der Waals surface area contributed by atoms with Crippen molar-refractivity contribution in [1.29, 1.82) is 0 Å². The van der Waals surface area contributed by atoms with Crippen molar-refractivity contribution in [2.75, 3.05) is 25.0 Å². The molecule has 2 aromatic rings. The van der Waals surface area contributed by atoms with Crippen LogP contribution in [-0.4, -0.2) is 46.0 Å². The van der Waals surface area contributed by atoms with Crippen molar-refractivity contribution in [3.8, 4) is 5.75 Å². The Hall–Kier alpha value is -2.06. The Morgan fingerprint density at radius 1 is 1.22 bits per heavy atom. The summed E-state index contributed by atoms with van der Waals surface area (Å²) in [6, 6.07) is 10.2. The second-order valence-corrected chi connectivity index (χ2v) is 9.91. The molecule has 8 heteroatoms. The molecule has 0 saturated heterocycles. The average molecular weight is 409 g/mol. The molecule has 1 atom stereocenters. The average Bonchev–Trinajstić information content (AvgIpc) is 3.37. The van der Waals surface area contributed by atoms with Crippen molar-refractivity contribution in [3.05, 3.63) is 41.8 Å². The molecule has 0 aliphatic heterocycles. The number of likely N-dealkylation sites (N-methyl/N-ethyl adjacent to an activating group) is 1. The topological polar surface area (TPSA) is 66.9 Å². The van der Waals surface area contributed by atoms with Gasteiger partial charge in [-0.2, -0.15) is 0 Å². The molecule has 0 N–H and O–H groups in total. The van der Waals surface area contributed by atoms with Gasteiger partial charge in [0.25, 0.3) is 15.9 Å². The van der Waals surface area contributed by atoms with Gasteiger partial charge in [-0.3, -0.25) is 9.10 Å². The van der Waals surface area contributed by atoms with Gasteiger partial charge in [0.15, 0.2) is 6.61 Å². The fourth-order valence-electron chi connectivity index (χ4n) is 2.81. The molecule has 0 bridgehead atoms. The molecule has 1 aromatic heterocycles. The second kappa shape index (κ2) is 7.90. The molecule has 0 radical (unpaired) electrons. The molecule has 1 heterocycles. The Morgan fingerprint density at radius 3 is 2.44 bits per heavy atom. The first kappa shape index (κ1) is 19.7. The Morgan fingerprint density at radius 2 is 1.89 bits per heavy atom. The van der Waals surface area contributed by atoms with Gasteiger partial charge in [-0.25, -0.2) is 8.42 Å². The zero-order chi connectivity index (χ0) is 19.6. The number of amides is 1. The number of sulfonamides is 1. The van der Waals surface area contributed by atoms with Crippen LogP contribution in [0.5, 0.6) is 5.75 Å². The summed E-state index contributed by atoms with van der Waals surface area (Å²) in [6.07, 6.45) is 2.37. The van der Waals surface area contributed by atoms with Crippen molar-refractivity contribution < 1.29 is 17.9 Å². The number of carbonyl (C=O) groups excluding carboxylic acids is 1. The zero-order valence-electron chi connectivity index (χ0n) is 15.7. The first-order valence-corrected chi connectivity index (χ1v) is 11.1. The van der Waals surface area contributed by atoms with E-state index < -0.39 is 10.0 Å². The van der Waals surface area contributed by atoms with Gasteiger partial charge >= 0.3 is 0 Å². The zero-order valence-corrected chi connectivity index (χ0v) is 17.3. The van der Waals surface area contributed by atoms with E-state index in [0.29, 0.717) is 21.6 Å². The predicted octanol–water partition coefficient (Wildman–Crippen LogP) is 3.21. The summed E-state index contributed by atoms with van der Waals surface area (Å²) in [5.41, 5.74) is 0.529. The van der Waals surface area contributed by atoms with Gasteiger partial charge in [0, 0.05) is 20.1 Å². The molecule has 1 aliphatic rings. The van der Waals surface area contributed by atoms with Gasteiger partial charge in [-0.15, -0.1) is 11.3 Å². The van der Waals surface area contributed by atoms with E-state index in [4.69, 9.17) is 4.74 Å². The van der Waals surface area contributed by atoms with Crippen LogP contribution in [0.3, 0.4) is 0 Å². The summed E-state index contributed by atoms with van der Waals surface area (Å²) >= 11 is 1.18. The monoisotopic (exact) mass is 408 g/mol. The van der Waals surface area contributed by atoms with Crippen LogP contribution in [0.1, 0.15) is 19.8 Å². The minimum absolute atomic E-state index is 0.0315. The number of rotatable bonds is 8. The third kappa shape index (κ3) is 4.44. The van der Waals surface area contributed by atoms with Crippen molar-refractivity contribution in [3.63, 3.8) is 0 Å². The first-order valence-electron chi connectivity index (χ1n) is 8.81. The highest BCUT2D eigenvalue weighted by atomic mass is 32.2. The molecule has 1 saturated carbocycles. The lowest BCUT2D eigenvalue weighted by Crippen LogP contribution is -2.39. The van der Waals surface area contributed by atoms with E-state index in [9.17, 15) is 13.2 Å². The number of ether oxygens (including phenoxy) is 1. The quantitative estimate of drug-likeness (QED) is 0.673. The van der Waals surface area contributed by atoms with Crippen molar-refractivity contribution >= 4 is 33.0 Å². The van der Waals surface area contributed by atoms with E-state index in [2.05, 4.69) is 6.92 Å². The van der Waals surface area contributed by atoms with Gasteiger partial charge in [0.05, 0.1) is 5.69 Å². The summed E-state index contributed by atoms with van der Waals surface area (Å²) in [5, 5.41) is 1.73. The number of benzene rings is 1. The lowest BCUT2D eigenvalue weighted by Gasteiger charge is -2.25. The second-order valence-electron chi connectivity index (χ2n) is 6.77. The number of hydrogen-bond acceptors (Lipinski definition) is 5. The van der Waals surface area contributed by atoms with Gasteiger partial charge in [0.1, 0.15) is 9.96 Å². The number of hydrogen-bond donors (Lipinski definition) is 0. The molecule has 3 rings (SSSR count). The maximum absolute atomic E-state index is 12.5. The summed E-state index contributed by atoms with van der Waals surface area (Å²) in [7, 11) is -0.236. The molecular weight excluding hydrogens is 384 g/mol. The standard InChI is InChI=1S/C19H24N2O4S2/c1-14(15-6-7-15)20(2)18(22)13-25-17-10-8-16(9-11-17)21(3)27(23,24)19-5-4-12-26-19/h4-5,8-12,14-15H,6-7,13H2,1-3H3. The van der Waals surface area contributed by atoms with E-state index >= 15 is 0 Å². The first-order chi connectivity index (χ1) is 12.8. The summed E-state index contributed by atoms with van der Waals surface area (Å²) < 4.78 is 32.2. The van der Waals surface area contributed by atoms with Crippen LogP contribution in [0.2, 0.25) is 0 Å².